The summed E-state index contributed by atoms with van der Waals surface area (Å²) in [6.45, 7) is 2.33. The van der Waals surface area contributed by atoms with Gasteiger partial charge in [-0.2, -0.15) is 0 Å². The number of hydrogen-bond donors (Lipinski definition) is 1. The summed E-state index contributed by atoms with van der Waals surface area (Å²) in [5.41, 5.74) is 0.883. The van der Waals surface area contributed by atoms with Gasteiger partial charge in [-0.3, -0.25) is 0 Å². The highest BCUT2D eigenvalue weighted by Gasteiger charge is 2.15. The number of aromatic nitrogens is 2. The second-order valence-electron chi connectivity index (χ2n) is 5.60. The van der Waals surface area contributed by atoms with Crippen molar-refractivity contribution in [1.29, 1.82) is 0 Å². The predicted molar refractivity (Wildman–Crippen MR) is 102 cm³/mol. The molecule has 2 aromatic carbocycles. The summed E-state index contributed by atoms with van der Waals surface area (Å²) in [5, 5.41) is 12.8. The molecule has 2 heterocycles. The van der Waals surface area contributed by atoms with Crippen LogP contribution in [0, 0.1) is 5.82 Å². The van der Waals surface area contributed by atoms with Gasteiger partial charge in [-0.25, -0.2) is 9.18 Å². The van der Waals surface area contributed by atoms with Gasteiger partial charge < -0.3 is 14.5 Å². The Hall–Kier alpha value is -3.26. The molecular weight excluding hydrogens is 369 g/mol. The third kappa shape index (κ3) is 3.52. The standard InChI is InChI=1S/C19H14FN3O3S/c1-2-25-15-5-3-4-11-10-14(18(24)26-16(11)15)17-22-23-19(27-17)21-13-8-6-12(20)7-9-13/h3-10H,2H2,1H3,(H,21,23). The van der Waals surface area contributed by atoms with Crippen LogP contribution in [-0.4, -0.2) is 16.8 Å². The van der Waals surface area contributed by atoms with Crippen molar-refractivity contribution < 1.29 is 13.5 Å². The molecule has 0 amide bonds. The summed E-state index contributed by atoms with van der Waals surface area (Å²) < 4.78 is 24.0. The molecule has 0 radical (unpaired) electrons. The van der Waals surface area contributed by atoms with Crippen LogP contribution in [0.1, 0.15) is 6.92 Å². The monoisotopic (exact) mass is 383 g/mol. The molecule has 0 aliphatic heterocycles. The van der Waals surface area contributed by atoms with Gasteiger partial charge in [-0.05, 0) is 43.3 Å². The Kier molecular flexibility index (Phi) is 4.55. The maximum Gasteiger partial charge on any atom is 0.346 e. The third-order valence-corrected chi connectivity index (χ3v) is 4.65. The molecule has 0 saturated carbocycles. The number of halogens is 1. The number of fused-ring (bicyclic) bond motifs is 1. The minimum Gasteiger partial charge on any atom is -0.490 e. The van der Waals surface area contributed by atoms with E-state index in [1.165, 1.54) is 23.5 Å². The minimum atomic E-state index is -0.515. The fraction of sp³-hybridized carbons (Fsp3) is 0.105. The fourth-order valence-corrected chi connectivity index (χ4v) is 3.34. The summed E-state index contributed by atoms with van der Waals surface area (Å²) in [5.74, 6) is 0.202. The molecule has 1 N–H and O–H groups in total. The van der Waals surface area contributed by atoms with Crippen molar-refractivity contribution >= 4 is 33.1 Å². The SMILES string of the molecule is CCOc1cccc2cc(-c3nnc(Nc4ccc(F)cc4)s3)c(=O)oc12. The molecule has 4 aromatic rings. The van der Waals surface area contributed by atoms with Gasteiger partial charge in [0.1, 0.15) is 5.82 Å². The lowest BCUT2D eigenvalue weighted by Gasteiger charge is -2.06. The Morgan fingerprint density at radius 2 is 2.00 bits per heavy atom. The summed E-state index contributed by atoms with van der Waals surface area (Å²) in [6, 6.07) is 13.0. The Bertz CT molecular complexity index is 1160. The van der Waals surface area contributed by atoms with Crippen LogP contribution in [-0.2, 0) is 0 Å². The van der Waals surface area contributed by atoms with Crippen molar-refractivity contribution in [3.63, 3.8) is 0 Å². The average Bonchev–Trinajstić information content (AvgIpc) is 3.12. The normalized spacial score (nSPS) is 10.9. The summed E-state index contributed by atoms with van der Waals surface area (Å²) >= 11 is 1.20. The summed E-state index contributed by atoms with van der Waals surface area (Å²) in [4.78, 5) is 12.4. The van der Waals surface area contributed by atoms with E-state index in [1.807, 2.05) is 19.1 Å². The Morgan fingerprint density at radius 1 is 1.19 bits per heavy atom. The molecule has 4 rings (SSSR count). The molecule has 0 unspecified atom stereocenters. The quantitative estimate of drug-likeness (QED) is 0.508. The first kappa shape index (κ1) is 17.2. The summed E-state index contributed by atoms with van der Waals surface area (Å²) in [7, 11) is 0. The van der Waals surface area contributed by atoms with Crippen LogP contribution >= 0.6 is 11.3 Å². The van der Waals surface area contributed by atoms with Crippen LogP contribution in [0.2, 0.25) is 0 Å². The van der Waals surface area contributed by atoms with Crippen molar-refractivity contribution in [3.8, 4) is 16.3 Å². The first-order valence-electron chi connectivity index (χ1n) is 8.20. The predicted octanol–water partition coefficient (Wildman–Crippen LogP) is 4.59. The van der Waals surface area contributed by atoms with E-state index in [0.717, 1.165) is 5.39 Å². The van der Waals surface area contributed by atoms with E-state index in [-0.39, 0.29) is 5.82 Å². The average molecular weight is 383 g/mol. The fourth-order valence-electron chi connectivity index (χ4n) is 2.58. The van der Waals surface area contributed by atoms with Crippen LogP contribution < -0.4 is 15.7 Å². The maximum absolute atomic E-state index is 13.0. The highest BCUT2D eigenvalue weighted by Crippen LogP contribution is 2.30. The van der Waals surface area contributed by atoms with Crippen molar-refractivity contribution in [1.82, 2.24) is 10.2 Å². The van der Waals surface area contributed by atoms with Crippen LogP contribution in [0.4, 0.5) is 15.2 Å². The van der Waals surface area contributed by atoms with Gasteiger partial charge in [0.25, 0.3) is 0 Å². The molecule has 0 saturated heterocycles. The number of anilines is 2. The molecule has 0 spiro atoms. The van der Waals surface area contributed by atoms with Crippen LogP contribution in [0.5, 0.6) is 5.75 Å². The second-order valence-corrected chi connectivity index (χ2v) is 6.58. The largest absolute Gasteiger partial charge is 0.490 e. The molecule has 0 aliphatic carbocycles. The smallest absolute Gasteiger partial charge is 0.346 e. The van der Waals surface area contributed by atoms with E-state index in [0.29, 0.717) is 39.3 Å². The number of benzene rings is 2. The Morgan fingerprint density at radius 3 is 2.78 bits per heavy atom. The van der Waals surface area contributed by atoms with Crippen molar-refractivity contribution in [2.45, 2.75) is 6.92 Å². The second kappa shape index (κ2) is 7.16. The van der Waals surface area contributed by atoms with E-state index >= 15 is 0 Å². The number of rotatable bonds is 5. The van der Waals surface area contributed by atoms with Crippen molar-refractivity contribution in [2.75, 3.05) is 11.9 Å². The van der Waals surface area contributed by atoms with Crippen molar-refractivity contribution in [3.05, 3.63) is 64.8 Å². The number of nitrogens with one attached hydrogen (secondary N) is 1. The first-order chi connectivity index (χ1) is 13.1. The molecule has 0 aliphatic rings. The molecule has 8 heteroatoms. The lowest BCUT2D eigenvalue weighted by atomic mass is 10.2. The molecule has 2 aromatic heterocycles. The maximum atomic E-state index is 13.0. The number of ether oxygens (including phenoxy) is 1. The molecule has 6 nitrogen and oxygen atoms in total. The van der Waals surface area contributed by atoms with E-state index < -0.39 is 5.63 Å². The van der Waals surface area contributed by atoms with Gasteiger partial charge >= 0.3 is 5.63 Å². The van der Waals surface area contributed by atoms with E-state index in [2.05, 4.69) is 15.5 Å². The van der Waals surface area contributed by atoms with E-state index in [9.17, 15) is 9.18 Å². The first-order valence-corrected chi connectivity index (χ1v) is 9.02. The van der Waals surface area contributed by atoms with Crippen molar-refractivity contribution in [2.24, 2.45) is 0 Å². The van der Waals surface area contributed by atoms with Gasteiger partial charge in [0.15, 0.2) is 16.3 Å². The van der Waals surface area contributed by atoms with E-state index in [1.54, 1.807) is 24.3 Å². The van der Waals surface area contributed by atoms with Crippen LogP contribution in [0.25, 0.3) is 21.5 Å². The lowest BCUT2D eigenvalue weighted by molar-refractivity contribution is 0.337. The molecule has 0 fully saturated rings. The van der Waals surface area contributed by atoms with Crippen LogP contribution in [0.3, 0.4) is 0 Å². The highest BCUT2D eigenvalue weighted by atomic mass is 32.1. The zero-order valence-electron chi connectivity index (χ0n) is 14.2. The molecule has 27 heavy (non-hydrogen) atoms. The minimum absolute atomic E-state index is 0.320. The number of para-hydroxylation sites is 1. The topological polar surface area (TPSA) is 77.3 Å². The van der Waals surface area contributed by atoms with Crippen LogP contribution in [0.15, 0.2) is 57.7 Å². The molecule has 0 bridgehead atoms. The van der Waals surface area contributed by atoms with Gasteiger partial charge in [0.2, 0.25) is 5.13 Å². The lowest BCUT2D eigenvalue weighted by Crippen LogP contribution is -2.03. The third-order valence-electron chi connectivity index (χ3n) is 3.77. The van der Waals surface area contributed by atoms with Gasteiger partial charge in [0, 0.05) is 11.1 Å². The number of hydrogen-bond acceptors (Lipinski definition) is 7. The zero-order chi connectivity index (χ0) is 18.8. The van der Waals surface area contributed by atoms with Gasteiger partial charge in [0.05, 0.1) is 12.2 Å². The molecule has 0 atom stereocenters. The molecule has 136 valence electrons. The molecular formula is C19H14FN3O3S. The summed E-state index contributed by atoms with van der Waals surface area (Å²) in [6.07, 6.45) is 0. The van der Waals surface area contributed by atoms with E-state index in [4.69, 9.17) is 9.15 Å². The van der Waals surface area contributed by atoms with Gasteiger partial charge in [-0.15, -0.1) is 10.2 Å². The van der Waals surface area contributed by atoms with Gasteiger partial charge in [-0.1, -0.05) is 23.5 Å². The Balaban J connectivity index is 1.68. The Labute approximate surface area is 157 Å². The highest BCUT2D eigenvalue weighted by molar-refractivity contribution is 7.18. The number of nitrogens with zero attached hydrogens (tertiary/aromatic N) is 2. The zero-order valence-corrected chi connectivity index (χ0v) is 15.0.